The van der Waals surface area contributed by atoms with Crippen LogP contribution in [0.5, 0.6) is 0 Å². The maximum absolute atomic E-state index is 5.70. The third-order valence-electron chi connectivity index (χ3n) is 2.32. The van der Waals surface area contributed by atoms with Crippen LogP contribution < -0.4 is 11.1 Å². The number of halogens is 1. The van der Waals surface area contributed by atoms with Gasteiger partial charge < -0.3 is 15.8 Å². The van der Waals surface area contributed by atoms with Gasteiger partial charge >= 0.3 is 0 Å². The average Bonchev–Trinajstić information content (AvgIpc) is 2.36. The standard InChI is InChI=1S/C13H21N3O.HI/c1-3-8-15-13(14)16-9-11-4-6-12(7-5-11)10-17-2;/h4-7H,3,8-10H2,1-2H3,(H3,14,15,16);1H. The van der Waals surface area contributed by atoms with Crippen LogP contribution in [-0.2, 0) is 17.9 Å². The Kier molecular flexibility index (Phi) is 9.67. The van der Waals surface area contributed by atoms with Crippen LogP contribution in [0.3, 0.4) is 0 Å². The number of benzene rings is 1. The van der Waals surface area contributed by atoms with Crippen LogP contribution in [-0.4, -0.2) is 19.6 Å². The lowest BCUT2D eigenvalue weighted by Crippen LogP contribution is -2.32. The van der Waals surface area contributed by atoms with Crippen LogP contribution in [0.25, 0.3) is 0 Å². The molecule has 0 fully saturated rings. The van der Waals surface area contributed by atoms with E-state index in [2.05, 4.69) is 17.2 Å². The van der Waals surface area contributed by atoms with Gasteiger partial charge in [0.2, 0.25) is 0 Å². The molecule has 0 aliphatic heterocycles. The first-order valence-electron chi connectivity index (χ1n) is 5.86. The van der Waals surface area contributed by atoms with E-state index in [0.29, 0.717) is 19.1 Å². The summed E-state index contributed by atoms with van der Waals surface area (Å²) in [5, 5.41) is 3.04. The number of hydrogen-bond donors (Lipinski definition) is 2. The topological polar surface area (TPSA) is 59.6 Å². The fraction of sp³-hybridized carbons (Fsp3) is 0.462. The molecule has 0 unspecified atom stereocenters. The molecule has 0 spiro atoms. The highest BCUT2D eigenvalue weighted by Crippen LogP contribution is 2.06. The van der Waals surface area contributed by atoms with Gasteiger partial charge in [-0.15, -0.1) is 24.0 Å². The lowest BCUT2D eigenvalue weighted by atomic mass is 10.1. The normalized spacial score (nSPS) is 10.9. The van der Waals surface area contributed by atoms with Crippen LogP contribution in [0.15, 0.2) is 29.3 Å². The summed E-state index contributed by atoms with van der Waals surface area (Å²) >= 11 is 0. The molecule has 5 heteroatoms. The van der Waals surface area contributed by atoms with Gasteiger partial charge in [-0.2, -0.15) is 0 Å². The molecule has 4 nitrogen and oxygen atoms in total. The van der Waals surface area contributed by atoms with Crippen molar-refractivity contribution < 1.29 is 4.74 Å². The van der Waals surface area contributed by atoms with Crippen molar-refractivity contribution in [2.75, 3.05) is 13.7 Å². The van der Waals surface area contributed by atoms with Gasteiger partial charge in [-0.3, -0.25) is 0 Å². The number of rotatable bonds is 6. The first-order chi connectivity index (χ1) is 8.26. The monoisotopic (exact) mass is 363 g/mol. The zero-order valence-corrected chi connectivity index (χ0v) is 13.3. The molecular weight excluding hydrogens is 341 g/mol. The van der Waals surface area contributed by atoms with E-state index in [0.717, 1.165) is 24.1 Å². The molecule has 0 aliphatic carbocycles. The van der Waals surface area contributed by atoms with Crippen LogP contribution in [0.2, 0.25) is 0 Å². The summed E-state index contributed by atoms with van der Waals surface area (Å²) in [7, 11) is 1.69. The highest BCUT2D eigenvalue weighted by molar-refractivity contribution is 14.0. The molecule has 0 aromatic heterocycles. The lowest BCUT2D eigenvalue weighted by molar-refractivity contribution is 0.185. The van der Waals surface area contributed by atoms with E-state index in [1.54, 1.807) is 7.11 Å². The molecule has 0 radical (unpaired) electrons. The number of hydrogen-bond acceptors (Lipinski definition) is 2. The lowest BCUT2D eigenvalue weighted by Gasteiger charge is -2.04. The Morgan fingerprint density at radius 3 is 2.44 bits per heavy atom. The molecule has 1 aromatic carbocycles. The molecule has 0 amide bonds. The van der Waals surface area contributed by atoms with Gasteiger partial charge in [-0.1, -0.05) is 31.2 Å². The first kappa shape index (κ1) is 17.2. The van der Waals surface area contributed by atoms with Gasteiger partial charge in [-0.05, 0) is 17.5 Å². The summed E-state index contributed by atoms with van der Waals surface area (Å²) in [6.07, 6.45) is 1.04. The minimum Gasteiger partial charge on any atom is -0.380 e. The largest absolute Gasteiger partial charge is 0.380 e. The summed E-state index contributed by atoms with van der Waals surface area (Å²) in [5.41, 5.74) is 8.01. The fourth-order valence-electron chi connectivity index (χ4n) is 1.39. The van der Waals surface area contributed by atoms with Gasteiger partial charge in [0.1, 0.15) is 0 Å². The van der Waals surface area contributed by atoms with Gasteiger partial charge in [0.15, 0.2) is 5.96 Å². The van der Waals surface area contributed by atoms with E-state index < -0.39 is 0 Å². The molecule has 0 bridgehead atoms. The molecule has 3 N–H and O–H groups in total. The van der Waals surface area contributed by atoms with E-state index in [9.17, 15) is 0 Å². The number of nitrogens with one attached hydrogen (secondary N) is 1. The zero-order chi connectivity index (χ0) is 12.5. The minimum absolute atomic E-state index is 0. The van der Waals surface area contributed by atoms with Gasteiger partial charge in [-0.25, -0.2) is 4.99 Å². The number of ether oxygens (including phenoxy) is 1. The molecule has 0 aliphatic rings. The van der Waals surface area contributed by atoms with E-state index in [1.807, 2.05) is 24.3 Å². The SMILES string of the molecule is CCCNC(N)=NCc1ccc(COC)cc1.I. The third kappa shape index (κ3) is 6.80. The minimum atomic E-state index is 0. The Balaban J connectivity index is 0.00000289. The quantitative estimate of drug-likeness (QED) is 0.463. The summed E-state index contributed by atoms with van der Waals surface area (Å²) in [5.74, 6) is 0.507. The molecule has 1 aromatic rings. The van der Waals surface area contributed by atoms with Gasteiger partial charge in [0, 0.05) is 13.7 Å². The molecule has 18 heavy (non-hydrogen) atoms. The second kappa shape index (κ2) is 10.1. The summed E-state index contributed by atoms with van der Waals surface area (Å²) < 4.78 is 5.05. The highest BCUT2D eigenvalue weighted by Gasteiger charge is 1.94. The fourth-order valence-corrected chi connectivity index (χ4v) is 1.39. The predicted molar refractivity (Wildman–Crippen MR) is 86.2 cm³/mol. The summed E-state index contributed by atoms with van der Waals surface area (Å²) in [6, 6.07) is 8.18. The molecule has 1 rings (SSSR count). The first-order valence-corrected chi connectivity index (χ1v) is 5.86. The van der Waals surface area contributed by atoms with Gasteiger partial charge in [0.25, 0.3) is 0 Å². The molecule has 0 heterocycles. The van der Waals surface area contributed by atoms with Crippen molar-refractivity contribution in [1.29, 1.82) is 0 Å². The summed E-state index contributed by atoms with van der Waals surface area (Å²) in [4.78, 5) is 4.26. The van der Waals surface area contributed by atoms with Crippen LogP contribution >= 0.6 is 24.0 Å². The van der Waals surface area contributed by atoms with E-state index in [-0.39, 0.29) is 24.0 Å². The highest BCUT2D eigenvalue weighted by atomic mass is 127. The van der Waals surface area contributed by atoms with Crippen LogP contribution in [0.4, 0.5) is 0 Å². The van der Waals surface area contributed by atoms with Crippen molar-refractivity contribution in [3.63, 3.8) is 0 Å². The molecule has 0 atom stereocenters. The third-order valence-corrected chi connectivity index (χ3v) is 2.32. The number of nitrogens with two attached hydrogens (primary N) is 1. The molecule has 0 saturated heterocycles. The molecular formula is C13H22IN3O. The number of aliphatic imine (C=N–C) groups is 1. The van der Waals surface area contributed by atoms with E-state index in [4.69, 9.17) is 10.5 Å². The average molecular weight is 363 g/mol. The Hall–Kier alpha value is -0.820. The van der Waals surface area contributed by atoms with Crippen LogP contribution in [0.1, 0.15) is 24.5 Å². The maximum atomic E-state index is 5.70. The zero-order valence-electron chi connectivity index (χ0n) is 11.0. The van der Waals surface area contributed by atoms with Crippen molar-refractivity contribution in [1.82, 2.24) is 5.32 Å². The summed E-state index contributed by atoms with van der Waals surface area (Å²) in [6.45, 7) is 4.20. The number of nitrogens with zero attached hydrogens (tertiary/aromatic N) is 1. The van der Waals surface area contributed by atoms with Crippen molar-refractivity contribution in [3.8, 4) is 0 Å². The molecule has 102 valence electrons. The van der Waals surface area contributed by atoms with Crippen molar-refractivity contribution in [2.24, 2.45) is 10.7 Å². The number of methoxy groups -OCH3 is 1. The predicted octanol–water partition coefficient (Wildman–Crippen LogP) is 2.27. The smallest absolute Gasteiger partial charge is 0.188 e. The van der Waals surface area contributed by atoms with Crippen LogP contribution in [0, 0.1) is 0 Å². The van der Waals surface area contributed by atoms with Crippen molar-refractivity contribution >= 4 is 29.9 Å². The Labute approximate surface area is 126 Å². The van der Waals surface area contributed by atoms with Gasteiger partial charge in [0.05, 0.1) is 13.2 Å². The Morgan fingerprint density at radius 1 is 1.28 bits per heavy atom. The maximum Gasteiger partial charge on any atom is 0.188 e. The Bertz CT molecular complexity index is 352. The van der Waals surface area contributed by atoms with Crippen molar-refractivity contribution in [3.05, 3.63) is 35.4 Å². The second-order valence-corrected chi connectivity index (χ2v) is 3.88. The van der Waals surface area contributed by atoms with Crippen molar-refractivity contribution in [2.45, 2.75) is 26.5 Å². The number of guanidine groups is 1. The van der Waals surface area contributed by atoms with E-state index >= 15 is 0 Å². The van der Waals surface area contributed by atoms with E-state index in [1.165, 1.54) is 0 Å². The Morgan fingerprint density at radius 2 is 1.89 bits per heavy atom. The second-order valence-electron chi connectivity index (χ2n) is 3.88. The molecule has 0 saturated carbocycles.